The van der Waals surface area contributed by atoms with E-state index < -0.39 is 0 Å². The first kappa shape index (κ1) is 17.2. The van der Waals surface area contributed by atoms with E-state index in [1.54, 1.807) is 13.8 Å². The van der Waals surface area contributed by atoms with E-state index in [0.717, 1.165) is 24.5 Å². The minimum atomic E-state index is -0.346. The lowest BCUT2D eigenvalue weighted by molar-refractivity contribution is 0.233. The van der Waals surface area contributed by atoms with Gasteiger partial charge in [-0.1, -0.05) is 11.2 Å². The molecule has 2 aromatic heterocycles. The summed E-state index contributed by atoms with van der Waals surface area (Å²) in [5.74, 6) is 1.94. The fourth-order valence-electron chi connectivity index (χ4n) is 2.81. The zero-order chi connectivity index (χ0) is 17.6. The van der Waals surface area contributed by atoms with Crippen molar-refractivity contribution < 1.29 is 9.32 Å². The van der Waals surface area contributed by atoms with Crippen LogP contribution in [0.2, 0.25) is 0 Å². The minimum Gasteiger partial charge on any atom is -0.357 e. The Kier molecular flexibility index (Phi) is 5.47. The zero-order valence-electron chi connectivity index (χ0n) is 14.7. The summed E-state index contributed by atoms with van der Waals surface area (Å²) >= 11 is 0. The maximum absolute atomic E-state index is 12.0. The number of hydrogen-bond donors (Lipinski definition) is 2. The topological polar surface area (TPSA) is 96.2 Å². The van der Waals surface area contributed by atoms with E-state index in [0.29, 0.717) is 18.3 Å². The lowest BCUT2D eigenvalue weighted by Crippen LogP contribution is -2.36. The van der Waals surface area contributed by atoms with E-state index in [1.165, 1.54) is 19.3 Å². The summed E-state index contributed by atoms with van der Waals surface area (Å²) in [6.07, 6.45) is 5.57. The third-order valence-corrected chi connectivity index (χ3v) is 4.20. The third kappa shape index (κ3) is 4.68. The molecule has 0 saturated carbocycles. The molecule has 0 radical (unpaired) electrons. The first-order chi connectivity index (χ1) is 12.1. The van der Waals surface area contributed by atoms with Crippen LogP contribution >= 0.6 is 0 Å². The predicted octanol–water partition coefficient (Wildman–Crippen LogP) is 2.32. The first-order valence-electron chi connectivity index (χ1n) is 8.66. The fourth-order valence-corrected chi connectivity index (χ4v) is 2.81. The summed E-state index contributed by atoms with van der Waals surface area (Å²) < 4.78 is 5.04. The molecule has 8 heteroatoms. The molecular formula is C17H24N6O2. The molecule has 2 amide bonds. The molecule has 0 spiro atoms. The molecule has 1 saturated heterocycles. The summed E-state index contributed by atoms with van der Waals surface area (Å²) in [5.41, 5.74) is 0.956. The molecule has 1 aliphatic rings. The second-order valence-corrected chi connectivity index (χ2v) is 6.30. The van der Waals surface area contributed by atoms with Gasteiger partial charge in [0, 0.05) is 25.8 Å². The van der Waals surface area contributed by atoms with Crippen LogP contribution in [-0.4, -0.2) is 34.2 Å². The molecule has 1 aliphatic heterocycles. The van der Waals surface area contributed by atoms with Crippen molar-refractivity contribution in [3.8, 4) is 0 Å². The molecule has 8 nitrogen and oxygen atoms in total. The Balaban J connectivity index is 1.46. The van der Waals surface area contributed by atoms with Gasteiger partial charge in [-0.2, -0.15) is 4.98 Å². The molecule has 0 aliphatic carbocycles. The van der Waals surface area contributed by atoms with Gasteiger partial charge < -0.3 is 20.1 Å². The van der Waals surface area contributed by atoms with Crippen molar-refractivity contribution in [3.05, 3.63) is 35.6 Å². The maximum atomic E-state index is 12.0. The normalized spacial score (nSPS) is 15.7. The molecule has 134 valence electrons. The molecule has 25 heavy (non-hydrogen) atoms. The van der Waals surface area contributed by atoms with Crippen molar-refractivity contribution in [2.45, 2.75) is 45.7 Å². The second kappa shape index (κ2) is 7.96. The third-order valence-electron chi connectivity index (χ3n) is 4.20. The summed E-state index contributed by atoms with van der Waals surface area (Å²) in [7, 11) is 0. The number of nitrogens with zero attached hydrogens (tertiary/aromatic N) is 4. The molecule has 1 fully saturated rings. The number of urea groups is 1. The molecule has 0 aromatic carbocycles. The Labute approximate surface area is 147 Å². The number of rotatable bonds is 5. The van der Waals surface area contributed by atoms with Gasteiger partial charge in [0.15, 0.2) is 5.82 Å². The van der Waals surface area contributed by atoms with Crippen LogP contribution in [0.15, 0.2) is 22.9 Å². The van der Waals surface area contributed by atoms with Crippen LogP contribution < -0.4 is 15.5 Å². The van der Waals surface area contributed by atoms with Crippen molar-refractivity contribution in [1.29, 1.82) is 0 Å². The largest absolute Gasteiger partial charge is 0.357 e. The number of pyridine rings is 1. The van der Waals surface area contributed by atoms with Crippen LogP contribution in [0.3, 0.4) is 0 Å². The number of carbonyl (C=O) groups excluding carboxylic acids is 1. The number of amides is 2. The quantitative estimate of drug-likeness (QED) is 0.864. The van der Waals surface area contributed by atoms with E-state index in [2.05, 4.69) is 30.7 Å². The average Bonchev–Trinajstić information content (AvgIpc) is 3.08. The zero-order valence-corrected chi connectivity index (χ0v) is 14.7. The Morgan fingerprint density at radius 3 is 2.76 bits per heavy atom. The molecule has 2 aromatic rings. The highest BCUT2D eigenvalue weighted by Gasteiger charge is 2.15. The summed E-state index contributed by atoms with van der Waals surface area (Å²) in [6, 6.07) is 3.38. The number of hydrogen-bond acceptors (Lipinski definition) is 6. The van der Waals surface area contributed by atoms with Gasteiger partial charge >= 0.3 is 6.03 Å². The lowest BCUT2D eigenvalue weighted by Gasteiger charge is -2.27. The predicted molar refractivity (Wildman–Crippen MR) is 93.1 cm³/mol. The number of carbonyl (C=O) groups is 1. The minimum absolute atomic E-state index is 0.288. The Hall–Kier alpha value is -2.64. The number of nitrogens with one attached hydrogen (secondary N) is 2. The van der Waals surface area contributed by atoms with Gasteiger partial charge in [-0.3, -0.25) is 0 Å². The highest BCUT2D eigenvalue weighted by Crippen LogP contribution is 2.17. The van der Waals surface area contributed by atoms with E-state index >= 15 is 0 Å². The Morgan fingerprint density at radius 1 is 1.32 bits per heavy atom. The Bertz CT molecular complexity index is 693. The van der Waals surface area contributed by atoms with Crippen LogP contribution in [-0.2, 0) is 6.54 Å². The van der Waals surface area contributed by atoms with E-state index in [-0.39, 0.29) is 12.1 Å². The molecule has 1 atom stereocenters. The molecule has 0 bridgehead atoms. The van der Waals surface area contributed by atoms with Crippen molar-refractivity contribution in [2.24, 2.45) is 0 Å². The average molecular weight is 344 g/mol. The van der Waals surface area contributed by atoms with Crippen molar-refractivity contribution in [2.75, 3.05) is 18.0 Å². The standard InChI is InChI=1S/C17H24N6O2/c1-12(16-21-13(2)22-25-16)20-17(24)19-11-14-6-7-15(18-10-14)23-8-4-3-5-9-23/h6-7,10,12H,3-5,8-9,11H2,1-2H3,(H2,19,20,24). The summed E-state index contributed by atoms with van der Waals surface area (Å²) in [5, 5.41) is 9.30. The van der Waals surface area contributed by atoms with Gasteiger partial charge in [-0.05, 0) is 44.7 Å². The van der Waals surface area contributed by atoms with Crippen molar-refractivity contribution >= 4 is 11.8 Å². The number of aromatic nitrogens is 3. The van der Waals surface area contributed by atoms with E-state index in [1.807, 2.05) is 18.3 Å². The molecular weight excluding hydrogens is 320 g/mol. The van der Waals surface area contributed by atoms with Crippen LogP contribution in [0.5, 0.6) is 0 Å². The van der Waals surface area contributed by atoms with E-state index in [9.17, 15) is 4.79 Å². The number of aryl methyl sites for hydroxylation is 1. The molecule has 3 heterocycles. The highest BCUT2D eigenvalue weighted by atomic mass is 16.5. The lowest BCUT2D eigenvalue weighted by atomic mass is 10.1. The van der Waals surface area contributed by atoms with Crippen LogP contribution in [0, 0.1) is 6.92 Å². The molecule has 1 unspecified atom stereocenters. The van der Waals surface area contributed by atoms with Crippen LogP contribution in [0.4, 0.5) is 10.6 Å². The Morgan fingerprint density at radius 2 is 2.12 bits per heavy atom. The van der Waals surface area contributed by atoms with Crippen molar-refractivity contribution in [3.63, 3.8) is 0 Å². The van der Waals surface area contributed by atoms with Gasteiger partial charge in [0.25, 0.3) is 0 Å². The molecule has 3 rings (SSSR count). The summed E-state index contributed by atoms with van der Waals surface area (Å²) in [6.45, 7) is 6.08. The van der Waals surface area contributed by atoms with Gasteiger partial charge in [-0.15, -0.1) is 0 Å². The van der Waals surface area contributed by atoms with E-state index in [4.69, 9.17) is 4.52 Å². The first-order valence-corrected chi connectivity index (χ1v) is 8.66. The monoisotopic (exact) mass is 344 g/mol. The van der Waals surface area contributed by atoms with Gasteiger partial charge in [0.05, 0.1) is 0 Å². The second-order valence-electron chi connectivity index (χ2n) is 6.30. The highest BCUT2D eigenvalue weighted by molar-refractivity contribution is 5.74. The van der Waals surface area contributed by atoms with Crippen molar-refractivity contribution in [1.82, 2.24) is 25.8 Å². The molecule has 2 N–H and O–H groups in total. The fraction of sp³-hybridized carbons (Fsp3) is 0.529. The van der Waals surface area contributed by atoms with Crippen LogP contribution in [0.25, 0.3) is 0 Å². The van der Waals surface area contributed by atoms with Gasteiger partial charge in [-0.25, -0.2) is 9.78 Å². The van der Waals surface area contributed by atoms with Gasteiger partial charge in [0.1, 0.15) is 11.9 Å². The summed E-state index contributed by atoms with van der Waals surface area (Å²) in [4.78, 5) is 22.9. The smallest absolute Gasteiger partial charge is 0.315 e. The number of piperidine rings is 1. The van der Waals surface area contributed by atoms with Crippen LogP contribution in [0.1, 0.15) is 49.5 Å². The SMILES string of the molecule is Cc1noc(C(C)NC(=O)NCc2ccc(N3CCCCC3)nc2)n1. The number of anilines is 1. The maximum Gasteiger partial charge on any atom is 0.315 e. The van der Waals surface area contributed by atoms with Gasteiger partial charge in [0.2, 0.25) is 5.89 Å².